The number of hydrogen-bond donors (Lipinski definition) is 2. The number of carbonyl (C=O) groups is 3. The van der Waals surface area contributed by atoms with Gasteiger partial charge in [-0.05, 0) is 13.3 Å². The molecule has 1 heterocycles. The lowest BCUT2D eigenvalue weighted by Gasteiger charge is -2.24. The fraction of sp³-hybridized carbons (Fsp3) is 0.667. The SMILES string of the molecule is CC1(C(F)(F)F)NC(=O)N(CCCC(=O)O)C1=O. The minimum Gasteiger partial charge on any atom is -0.481 e. The van der Waals surface area contributed by atoms with E-state index in [2.05, 4.69) is 0 Å². The number of carbonyl (C=O) groups excluding carboxylic acids is 2. The first kappa shape index (κ1) is 14.3. The summed E-state index contributed by atoms with van der Waals surface area (Å²) in [7, 11) is 0. The number of halogens is 3. The lowest BCUT2D eigenvalue weighted by molar-refractivity contribution is -0.191. The molecule has 0 radical (unpaired) electrons. The summed E-state index contributed by atoms with van der Waals surface area (Å²) in [4.78, 5) is 33.4. The second-order valence-corrected chi connectivity index (χ2v) is 4.01. The van der Waals surface area contributed by atoms with Crippen LogP contribution in [0.1, 0.15) is 19.8 Å². The number of carboxylic acids is 1. The van der Waals surface area contributed by atoms with E-state index in [0.717, 1.165) is 0 Å². The second-order valence-electron chi connectivity index (χ2n) is 4.01. The highest BCUT2D eigenvalue weighted by Gasteiger charge is 2.64. The summed E-state index contributed by atoms with van der Waals surface area (Å²) in [6.07, 6.45) is -5.33. The Morgan fingerprint density at radius 2 is 2.00 bits per heavy atom. The largest absolute Gasteiger partial charge is 0.481 e. The fourth-order valence-electron chi connectivity index (χ4n) is 1.48. The molecule has 6 nitrogen and oxygen atoms in total. The molecule has 0 saturated carbocycles. The minimum atomic E-state index is -4.90. The molecule has 0 aromatic carbocycles. The maximum atomic E-state index is 12.6. The van der Waals surface area contributed by atoms with Gasteiger partial charge in [-0.1, -0.05) is 0 Å². The molecule has 1 atom stereocenters. The summed E-state index contributed by atoms with van der Waals surface area (Å²) in [5.74, 6) is -2.56. The first-order valence-corrected chi connectivity index (χ1v) is 5.02. The quantitative estimate of drug-likeness (QED) is 0.736. The molecule has 1 fully saturated rings. The molecule has 1 aliphatic heterocycles. The highest BCUT2D eigenvalue weighted by molar-refractivity contribution is 6.07. The molecule has 1 aliphatic rings. The molecule has 102 valence electrons. The van der Waals surface area contributed by atoms with Gasteiger partial charge in [0.25, 0.3) is 5.91 Å². The van der Waals surface area contributed by atoms with E-state index in [1.165, 1.54) is 0 Å². The summed E-state index contributed by atoms with van der Waals surface area (Å²) in [5, 5.41) is 9.94. The first-order valence-electron chi connectivity index (χ1n) is 5.02. The van der Waals surface area contributed by atoms with Crippen LogP contribution in [0.25, 0.3) is 0 Å². The van der Waals surface area contributed by atoms with Crippen molar-refractivity contribution in [1.82, 2.24) is 10.2 Å². The smallest absolute Gasteiger partial charge is 0.420 e. The summed E-state index contributed by atoms with van der Waals surface area (Å²) in [6.45, 7) is 0.215. The van der Waals surface area contributed by atoms with Crippen molar-refractivity contribution in [2.24, 2.45) is 0 Å². The van der Waals surface area contributed by atoms with Crippen LogP contribution in [0.4, 0.5) is 18.0 Å². The Kier molecular flexibility index (Phi) is 3.54. The average Bonchev–Trinajstić information content (AvgIpc) is 2.41. The summed E-state index contributed by atoms with van der Waals surface area (Å²) >= 11 is 0. The number of nitrogens with zero attached hydrogens (tertiary/aromatic N) is 1. The van der Waals surface area contributed by atoms with Gasteiger partial charge < -0.3 is 10.4 Å². The minimum absolute atomic E-state index is 0.0948. The molecular weight excluding hydrogens is 257 g/mol. The van der Waals surface area contributed by atoms with Gasteiger partial charge in [-0.2, -0.15) is 13.2 Å². The van der Waals surface area contributed by atoms with E-state index in [-0.39, 0.29) is 19.4 Å². The van der Waals surface area contributed by atoms with Crippen molar-refractivity contribution < 1.29 is 32.7 Å². The van der Waals surface area contributed by atoms with E-state index in [9.17, 15) is 27.6 Å². The van der Waals surface area contributed by atoms with E-state index in [0.29, 0.717) is 11.8 Å². The Bertz CT molecular complexity index is 396. The number of hydrogen-bond acceptors (Lipinski definition) is 3. The van der Waals surface area contributed by atoms with Gasteiger partial charge in [0.1, 0.15) is 0 Å². The lowest BCUT2D eigenvalue weighted by Crippen LogP contribution is -2.56. The topological polar surface area (TPSA) is 86.7 Å². The summed E-state index contributed by atoms with van der Waals surface area (Å²) < 4.78 is 37.9. The van der Waals surface area contributed by atoms with Crippen LogP contribution < -0.4 is 5.32 Å². The predicted molar refractivity (Wildman–Crippen MR) is 51.6 cm³/mol. The van der Waals surface area contributed by atoms with E-state index in [1.54, 1.807) is 5.32 Å². The molecule has 0 aliphatic carbocycles. The lowest BCUT2D eigenvalue weighted by atomic mass is 10.0. The summed E-state index contributed by atoms with van der Waals surface area (Å²) in [5.41, 5.74) is -2.94. The Morgan fingerprint density at radius 3 is 2.39 bits per heavy atom. The van der Waals surface area contributed by atoms with Gasteiger partial charge in [0.15, 0.2) is 0 Å². The van der Waals surface area contributed by atoms with E-state index in [1.807, 2.05) is 0 Å². The third-order valence-corrected chi connectivity index (χ3v) is 2.61. The Balaban J connectivity index is 2.76. The van der Waals surface area contributed by atoms with Crippen LogP contribution in [0.3, 0.4) is 0 Å². The van der Waals surface area contributed by atoms with Gasteiger partial charge in [0, 0.05) is 13.0 Å². The van der Waals surface area contributed by atoms with Gasteiger partial charge in [-0.25, -0.2) is 4.79 Å². The van der Waals surface area contributed by atoms with Crippen molar-refractivity contribution in [2.45, 2.75) is 31.5 Å². The molecule has 0 aromatic rings. The molecule has 18 heavy (non-hydrogen) atoms. The van der Waals surface area contributed by atoms with Gasteiger partial charge in [-0.15, -0.1) is 0 Å². The van der Waals surface area contributed by atoms with Crippen LogP contribution in [-0.2, 0) is 9.59 Å². The van der Waals surface area contributed by atoms with Crippen molar-refractivity contribution in [3.8, 4) is 0 Å². The van der Waals surface area contributed by atoms with Gasteiger partial charge in [0.2, 0.25) is 5.54 Å². The third-order valence-electron chi connectivity index (χ3n) is 2.61. The molecule has 9 heteroatoms. The number of alkyl halides is 3. The molecule has 2 N–H and O–H groups in total. The first-order chi connectivity index (χ1) is 8.09. The second kappa shape index (κ2) is 4.46. The number of nitrogens with one attached hydrogen (secondary N) is 1. The van der Waals surface area contributed by atoms with Crippen molar-refractivity contribution in [1.29, 1.82) is 0 Å². The number of imide groups is 1. The van der Waals surface area contributed by atoms with Crippen LogP contribution in [0.15, 0.2) is 0 Å². The van der Waals surface area contributed by atoms with Gasteiger partial charge >= 0.3 is 18.2 Å². The van der Waals surface area contributed by atoms with Crippen molar-refractivity contribution in [2.75, 3.05) is 6.54 Å². The third kappa shape index (κ3) is 2.39. The molecular formula is C9H11F3N2O4. The highest BCUT2D eigenvalue weighted by Crippen LogP contribution is 2.35. The zero-order chi connectivity index (χ0) is 14.1. The summed E-state index contributed by atoms with van der Waals surface area (Å²) in [6, 6.07) is -1.16. The monoisotopic (exact) mass is 268 g/mol. The molecule has 0 spiro atoms. The zero-order valence-electron chi connectivity index (χ0n) is 9.37. The molecule has 1 unspecified atom stereocenters. The maximum Gasteiger partial charge on any atom is 0.420 e. The molecule has 0 bridgehead atoms. The van der Waals surface area contributed by atoms with Crippen molar-refractivity contribution in [3.63, 3.8) is 0 Å². The predicted octanol–water partition coefficient (Wildman–Crippen LogP) is 0.724. The number of urea groups is 1. The molecule has 3 amide bonds. The number of aliphatic carboxylic acids is 1. The van der Waals surface area contributed by atoms with E-state index >= 15 is 0 Å². The van der Waals surface area contributed by atoms with Crippen molar-refractivity contribution in [3.05, 3.63) is 0 Å². The fourth-order valence-corrected chi connectivity index (χ4v) is 1.48. The average molecular weight is 268 g/mol. The number of amides is 3. The van der Waals surface area contributed by atoms with Crippen LogP contribution in [0.5, 0.6) is 0 Å². The molecule has 0 aromatic heterocycles. The number of carboxylic acid groups (broad SMARTS) is 1. The van der Waals surface area contributed by atoms with Crippen molar-refractivity contribution >= 4 is 17.9 Å². The maximum absolute atomic E-state index is 12.6. The Hall–Kier alpha value is -1.80. The Morgan fingerprint density at radius 1 is 1.44 bits per heavy atom. The van der Waals surface area contributed by atoms with Gasteiger partial charge in [-0.3, -0.25) is 14.5 Å². The number of rotatable bonds is 4. The van der Waals surface area contributed by atoms with Crippen LogP contribution >= 0.6 is 0 Å². The normalized spacial score (nSPS) is 24.3. The zero-order valence-corrected chi connectivity index (χ0v) is 9.37. The van der Waals surface area contributed by atoms with Crippen LogP contribution in [-0.4, -0.2) is 46.2 Å². The van der Waals surface area contributed by atoms with E-state index < -0.39 is 29.6 Å². The van der Waals surface area contributed by atoms with Crippen LogP contribution in [0, 0.1) is 0 Å². The standard InChI is InChI=1S/C9H11F3N2O4/c1-8(9(10,11)12)6(17)14(7(18)13-8)4-2-3-5(15)16/h2-4H2,1H3,(H,13,18)(H,15,16). The van der Waals surface area contributed by atoms with Gasteiger partial charge in [0.05, 0.1) is 0 Å². The molecule has 1 rings (SSSR count). The Labute approximate surface area is 99.7 Å². The van der Waals surface area contributed by atoms with E-state index in [4.69, 9.17) is 5.11 Å². The van der Waals surface area contributed by atoms with Crippen LogP contribution in [0.2, 0.25) is 0 Å². The highest BCUT2D eigenvalue weighted by atomic mass is 19.4. The molecule has 1 saturated heterocycles.